The fourth-order valence-electron chi connectivity index (χ4n) is 5.26. The summed E-state index contributed by atoms with van der Waals surface area (Å²) in [6, 6.07) is 20.1. The maximum atomic E-state index is 14.2. The molecule has 0 radical (unpaired) electrons. The molecule has 1 aliphatic rings. The van der Waals surface area contributed by atoms with Crippen LogP contribution >= 0.6 is 11.6 Å². The standard InChI is InChI=1S/C32H38ClN3O4S/c1-4-29(32(38)34-27-10-8-9-11-27)35(21-25-17-14-23(2)15-18-25)31(37)22-36(30-20-26(33)19-16-24(30)3)41(39,40)28-12-6-5-7-13-28/h5-7,12-20,27,29H,4,8-11,21-22H2,1-3H3,(H,34,38). The van der Waals surface area contributed by atoms with Crippen LogP contribution in [0.5, 0.6) is 0 Å². The van der Waals surface area contributed by atoms with Gasteiger partial charge in [0.15, 0.2) is 0 Å². The minimum atomic E-state index is -4.15. The molecule has 1 fully saturated rings. The Balaban J connectivity index is 1.73. The number of hydrogen-bond donors (Lipinski definition) is 1. The molecule has 1 aliphatic carbocycles. The van der Waals surface area contributed by atoms with Gasteiger partial charge in [0.2, 0.25) is 11.8 Å². The van der Waals surface area contributed by atoms with Crippen LogP contribution in [0.15, 0.2) is 77.7 Å². The molecule has 0 aromatic heterocycles. The van der Waals surface area contributed by atoms with Crippen molar-refractivity contribution in [2.75, 3.05) is 10.8 Å². The number of sulfonamides is 1. The lowest BCUT2D eigenvalue weighted by Crippen LogP contribution is -2.53. The molecule has 0 aliphatic heterocycles. The van der Waals surface area contributed by atoms with Gasteiger partial charge >= 0.3 is 0 Å². The first kappa shape index (κ1) is 30.6. The zero-order valence-electron chi connectivity index (χ0n) is 23.8. The average molecular weight is 596 g/mol. The predicted molar refractivity (Wildman–Crippen MR) is 163 cm³/mol. The number of anilines is 1. The van der Waals surface area contributed by atoms with Crippen molar-refractivity contribution in [2.45, 2.75) is 76.4 Å². The lowest BCUT2D eigenvalue weighted by Gasteiger charge is -2.34. The maximum absolute atomic E-state index is 14.2. The van der Waals surface area contributed by atoms with Crippen LogP contribution in [-0.4, -0.2) is 43.8 Å². The van der Waals surface area contributed by atoms with Crippen molar-refractivity contribution in [3.8, 4) is 0 Å². The van der Waals surface area contributed by atoms with Crippen LogP contribution in [0.2, 0.25) is 5.02 Å². The quantitative estimate of drug-likeness (QED) is 0.294. The second-order valence-corrected chi connectivity index (χ2v) is 13.0. The van der Waals surface area contributed by atoms with Gasteiger partial charge in [0.1, 0.15) is 12.6 Å². The van der Waals surface area contributed by atoms with Gasteiger partial charge in [-0.2, -0.15) is 0 Å². The Bertz CT molecular complexity index is 1460. The highest BCUT2D eigenvalue weighted by Gasteiger charge is 2.35. The van der Waals surface area contributed by atoms with E-state index in [1.54, 1.807) is 43.3 Å². The summed E-state index contributed by atoms with van der Waals surface area (Å²) in [4.78, 5) is 29.3. The van der Waals surface area contributed by atoms with Crippen LogP contribution < -0.4 is 9.62 Å². The van der Waals surface area contributed by atoms with Crippen molar-refractivity contribution >= 4 is 39.1 Å². The minimum Gasteiger partial charge on any atom is -0.352 e. The third-order valence-corrected chi connectivity index (χ3v) is 9.62. The number of halogens is 1. The Morgan fingerprint density at radius 1 is 0.976 bits per heavy atom. The summed E-state index contributed by atoms with van der Waals surface area (Å²) in [7, 11) is -4.15. The number of rotatable bonds is 11. The SMILES string of the molecule is CCC(C(=O)NC1CCCC1)N(Cc1ccc(C)cc1)C(=O)CN(c1cc(Cl)ccc1C)S(=O)(=O)c1ccccc1. The molecule has 7 nitrogen and oxygen atoms in total. The van der Waals surface area contributed by atoms with E-state index in [2.05, 4.69) is 5.32 Å². The fraction of sp³-hybridized carbons (Fsp3) is 0.375. The van der Waals surface area contributed by atoms with E-state index in [1.807, 2.05) is 38.1 Å². The molecule has 0 spiro atoms. The summed E-state index contributed by atoms with van der Waals surface area (Å²) in [6.45, 7) is 5.31. The van der Waals surface area contributed by atoms with Crippen molar-refractivity contribution < 1.29 is 18.0 Å². The first-order valence-electron chi connectivity index (χ1n) is 14.1. The fourth-order valence-corrected chi connectivity index (χ4v) is 6.92. The molecule has 4 rings (SSSR count). The summed E-state index contributed by atoms with van der Waals surface area (Å²) < 4.78 is 29.1. The Morgan fingerprint density at radius 3 is 2.27 bits per heavy atom. The molecule has 1 saturated carbocycles. The van der Waals surface area contributed by atoms with Crippen molar-refractivity contribution in [1.29, 1.82) is 0 Å². The first-order valence-corrected chi connectivity index (χ1v) is 15.9. The van der Waals surface area contributed by atoms with Crippen molar-refractivity contribution in [1.82, 2.24) is 10.2 Å². The van der Waals surface area contributed by atoms with E-state index in [-0.39, 0.29) is 23.4 Å². The van der Waals surface area contributed by atoms with Crippen LogP contribution in [0.4, 0.5) is 5.69 Å². The second-order valence-electron chi connectivity index (χ2n) is 10.7. The first-order chi connectivity index (χ1) is 19.6. The molecule has 41 heavy (non-hydrogen) atoms. The largest absolute Gasteiger partial charge is 0.352 e. The van der Waals surface area contributed by atoms with Gasteiger partial charge in [-0.1, -0.05) is 85.5 Å². The number of carbonyl (C=O) groups is 2. The molecule has 3 aromatic carbocycles. The number of carbonyl (C=O) groups excluding carboxylic acids is 2. The van der Waals surface area contributed by atoms with E-state index < -0.39 is 28.5 Å². The van der Waals surface area contributed by atoms with E-state index in [0.29, 0.717) is 22.7 Å². The maximum Gasteiger partial charge on any atom is 0.264 e. The average Bonchev–Trinajstić information content (AvgIpc) is 3.47. The highest BCUT2D eigenvalue weighted by Crippen LogP contribution is 2.30. The second kappa shape index (κ2) is 13.5. The number of nitrogens with one attached hydrogen (secondary N) is 1. The van der Waals surface area contributed by atoms with Crippen LogP contribution in [-0.2, 0) is 26.2 Å². The molecule has 218 valence electrons. The van der Waals surface area contributed by atoms with Gasteiger partial charge in [-0.05, 0) is 68.5 Å². The van der Waals surface area contributed by atoms with Gasteiger partial charge in [-0.15, -0.1) is 0 Å². The topological polar surface area (TPSA) is 86.8 Å². The number of nitrogens with zero attached hydrogens (tertiary/aromatic N) is 2. The Labute approximate surface area is 248 Å². The zero-order valence-corrected chi connectivity index (χ0v) is 25.4. The number of benzene rings is 3. The van der Waals surface area contributed by atoms with E-state index in [9.17, 15) is 18.0 Å². The van der Waals surface area contributed by atoms with Gasteiger partial charge in [-0.25, -0.2) is 8.42 Å². The van der Waals surface area contributed by atoms with E-state index in [0.717, 1.165) is 41.1 Å². The van der Waals surface area contributed by atoms with E-state index >= 15 is 0 Å². The Morgan fingerprint density at radius 2 is 1.63 bits per heavy atom. The molecule has 3 aromatic rings. The van der Waals surface area contributed by atoms with Crippen LogP contribution in [0.3, 0.4) is 0 Å². The molecule has 0 heterocycles. The van der Waals surface area contributed by atoms with E-state index in [1.165, 1.54) is 17.0 Å². The van der Waals surface area contributed by atoms with Crippen molar-refractivity contribution in [2.24, 2.45) is 0 Å². The van der Waals surface area contributed by atoms with Crippen LogP contribution in [0.1, 0.15) is 55.7 Å². The van der Waals surface area contributed by atoms with Crippen molar-refractivity contribution in [3.63, 3.8) is 0 Å². The molecule has 1 N–H and O–H groups in total. The number of amides is 2. The highest BCUT2D eigenvalue weighted by molar-refractivity contribution is 7.92. The molecule has 1 atom stereocenters. The van der Waals surface area contributed by atoms with Gasteiger partial charge < -0.3 is 10.2 Å². The van der Waals surface area contributed by atoms with Crippen molar-refractivity contribution in [3.05, 3.63) is 94.5 Å². The van der Waals surface area contributed by atoms with Crippen LogP contribution in [0.25, 0.3) is 0 Å². The smallest absolute Gasteiger partial charge is 0.264 e. The predicted octanol–water partition coefficient (Wildman–Crippen LogP) is 6.02. The Kier molecular flexibility index (Phi) is 10.1. The molecule has 9 heteroatoms. The lowest BCUT2D eigenvalue weighted by molar-refractivity contribution is -0.140. The summed E-state index contributed by atoms with van der Waals surface area (Å²) >= 11 is 6.30. The molecular weight excluding hydrogens is 558 g/mol. The van der Waals surface area contributed by atoms with Crippen LogP contribution in [0, 0.1) is 13.8 Å². The molecular formula is C32H38ClN3O4S. The molecule has 0 bridgehead atoms. The summed E-state index contributed by atoms with van der Waals surface area (Å²) in [5.41, 5.74) is 2.90. The third kappa shape index (κ3) is 7.49. The van der Waals surface area contributed by atoms with Gasteiger partial charge in [0.25, 0.3) is 10.0 Å². The third-order valence-electron chi connectivity index (χ3n) is 7.61. The lowest BCUT2D eigenvalue weighted by atomic mass is 10.1. The van der Waals surface area contributed by atoms with E-state index in [4.69, 9.17) is 11.6 Å². The Hall–Kier alpha value is -3.36. The van der Waals surface area contributed by atoms with Gasteiger partial charge in [0.05, 0.1) is 10.6 Å². The summed E-state index contributed by atoms with van der Waals surface area (Å²) in [5.74, 6) is -0.686. The zero-order chi connectivity index (χ0) is 29.6. The summed E-state index contributed by atoms with van der Waals surface area (Å²) in [6.07, 6.45) is 4.37. The number of hydrogen-bond acceptors (Lipinski definition) is 4. The minimum absolute atomic E-state index is 0.0586. The molecule has 1 unspecified atom stereocenters. The molecule has 0 saturated heterocycles. The summed E-state index contributed by atoms with van der Waals surface area (Å²) in [5, 5.41) is 3.49. The number of aryl methyl sites for hydroxylation is 2. The normalized spacial score (nSPS) is 14.4. The monoisotopic (exact) mass is 595 g/mol. The highest BCUT2D eigenvalue weighted by atomic mass is 35.5. The molecule has 2 amide bonds. The van der Waals surface area contributed by atoms with Gasteiger partial charge in [-0.3, -0.25) is 13.9 Å². The van der Waals surface area contributed by atoms with Gasteiger partial charge in [0, 0.05) is 17.6 Å².